The van der Waals surface area contributed by atoms with Crippen LogP contribution in [-0.2, 0) is 15.4 Å². The van der Waals surface area contributed by atoms with E-state index in [9.17, 15) is 9.59 Å². The SMILES string of the molecule is COC(=O)c1ccc(CCl)cc1C(=O)OC. The fraction of sp³-hybridized carbons (Fsp3) is 0.273. The highest BCUT2D eigenvalue weighted by atomic mass is 35.5. The molecule has 0 saturated heterocycles. The van der Waals surface area contributed by atoms with E-state index in [0.29, 0.717) is 0 Å². The first-order chi connectivity index (χ1) is 7.63. The van der Waals surface area contributed by atoms with E-state index in [-0.39, 0.29) is 17.0 Å². The van der Waals surface area contributed by atoms with Crippen LogP contribution >= 0.6 is 11.6 Å². The maximum atomic E-state index is 11.4. The van der Waals surface area contributed by atoms with Crippen LogP contribution in [0.5, 0.6) is 0 Å². The predicted octanol–water partition coefficient (Wildman–Crippen LogP) is 2.00. The van der Waals surface area contributed by atoms with Crippen molar-refractivity contribution in [1.29, 1.82) is 0 Å². The number of rotatable bonds is 3. The maximum Gasteiger partial charge on any atom is 0.338 e. The second-order valence-corrected chi connectivity index (χ2v) is 3.26. The number of methoxy groups -OCH3 is 2. The molecule has 0 atom stereocenters. The molecule has 0 bridgehead atoms. The number of carbonyl (C=O) groups is 2. The zero-order valence-electron chi connectivity index (χ0n) is 8.95. The van der Waals surface area contributed by atoms with Crippen LogP contribution in [0.2, 0.25) is 0 Å². The Kier molecular flexibility index (Phi) is 4.31. The summed E-state index contributed by atoms with van der Waals surface area (Å²) in [5, 5.41) is 0. The van der Waals surface area contributed by atoms with Gasteiger partial charge in [0, 0.05) is 5.88 Å². The van der Waals surface area contributed by atoms with Gasteiger partial charge in [-0.2, -0.15) is 0 Å². The van der Waals surface area contributed by atoms with E-state index in [1.54, 1.807) is 6.07 Å². The molecule has 0 aliphatic rings. The number of halogens is 1. The Morgan fingerprint density at radius 3 is 2.19 bits per heavy atom. The number of hydrogen-bond acceptors (Lipinski definition) is 4. The van der Waals surface area contributed by atoms with Crippen molar-refractivity contribution in [2.24, 2.45) is 0 Å². The number of ether oxygens (including phenoxy) is 2. The van der Waals surface area contributed by atoms with Gasteiger partial charge in [-0.25, -0.2) is 9.59 Å². The van der Waals surface area contributed by atoms with Crippen LogP contribution in [0.15, 0.2) is 18.2 Å². The Morgan fingerprint density at radius 2 is 1.69 bits per heavy atom. The summed E-state index contributed by atoms with van der Waals surface area (Å²) in [6, 6.07) is 4.67. The summed E-state index contributed by atoms with van der Waals surface area (Å²) in [4.78, 5) is 22.8. The number of benzene rings is 1. The van der Waals surface area contributed by atoms with Crippen LogP contribution in [0.1, 0.15) is 26.3 Å². The van der Waals surface area contributed by atoms with Gasteiger partial charge in [-0.1, -0.05) is 6.07 Å². The first-order valence-corrected chi connectivity index (χ1v) is 5.03. The van der Waals surface area contributed by atoms with Gasteiger partial charge in [0.1, 0.15) is 0 Å². The van der Waals surface area contributed by atoms with E-state index in [1.807, 2.05) is 0 Å². The lowest BCUT2D eigenvalue weighted by atomic mass is 10.0. The monoisotopic (exact) mass is 242 g/mol. The Bertz CT molecular complexity index is 414. The van der Waals surface area contributed by atoms with E-state index in [2.05, 4.69) is 9.47 Å². The average molecular weight is 243 g/mol. The molecule has 4 nitrogen and oxygen atoms in total. The molecule has 0 spiro atoms. The highest BCUT2D eigenvalue weighted by Crippen LogP contribution is 2.16. The molecule has 0 amide bonds. The zero-order valence-corrected chi connectivity index (χ0v) is 9.71. The summed E-state index contributed by atoms with van der Waals surface area (Å²) in [5.41, 5.74) is 1.06. The predicted molar refractivity (Wildman–Crippen MR) is 58.7 cm³/mol. The smallest absolute Gasteiger partial charge is 0.338 e. The molecule has 86 valence electrons. The van der Waals surface area contributed by atoms with Crippen molar-refractivity contribution in [3.8, 4) is 0 Å². The van der Waals surface area contributed by atoms with E-state index in [4.69, 9.17) is 11.6 Å². The first kappa shape index (κ1) is 12.5. The Labute approximate surface area is 98.1 Å². The third-order valence-corrected chi connectivity index (χ3v) is 2.36. The largest absolute Gasteiger partial charge is 0.465 e. The van der Waals surface area contributed by atoms with Gasteiger partial charge < -0.3 is 9.47 Å². The molecular formula is C11H11ClO4. The molecule has 0 fully saturated rings. The average Bonchev–Trinajstić information content (AvgIpc) is 2.36. The van der Waals surface area contributed by atoms with Gasteiger partial charge in [0.05, 0.1) is 25.3 Å². The maximum absolute atomic E-state index is 11.4. The van der Waals surface area contributed by atoms with Crippen molar-refractivity contribution in [3.05, 3.63) is 34.9 Å². The number of hydrogen-bond donors (Lipinski definition) is 0. The summed E-state index contributed by atoms with van der Waals surface area (Å²) >= 11 is 5.64. The van der Waals surface area contributed by atoms with E-state index >= 15 is 0 Å². The van der Waals surface area contributed by atoms with E-state index in [1.165, 1.54) is 26.4 Å². The van der Waals surface area contributed by atoms with Crippen molar-refractivity contribution in [3.63, 3.8) is 0 Å². The van der Waals surface area contributed by atoms with Crippen molar-refractivity contribution < 1.29 is 19.1 Å². The number of alkyl halides is 1. The van der Waals surface area contributed by atoms with Crippen LogP contribution in [0.25, 0.3) is 0 Å². The quantitative estimate of drug-likeness (QED) is 0.601. The minimum absolute atomic E-state index is 0.160. The van der Waals surface area contributed by atoms with Crippen LogP contribution in [0, 0.1) is 0 Å². The normalized spacial score (nSPS) is 9.69. The lowest BCUT2D eigenvalue weighted by Crippen LogP contribution is -2.12. The molecule has 16 heavy (non-hydrogen) atoms. The lowest BCUT2D eigenvalue weighted by Gasteiger charge is -2.07. The Morgan fingerprint density at radius 1 is 1.12 bits per heavy atom. The molecule has 1 aromatic carbocycles. The summed E-state index contributed by atoms with van der Waals surface area (Å²) in [5.74, 6) is -0.917. The van der Waals surface area contributed by atoms with Gasteiger partial charge in [0.25, 0.3) is 0 Å². The highest BCUT2D eigenvalue weighted by Gasteiger charge is 2.18. The van der Waals surface area contributed by atoms with Crippen LogP contribution in [0.3, 0.4) is 0 Å². The molecule has 0 N–H and O–H groups in total. The van der Waals surface area contributed by atoms with Crippen molar-refractivity contribution in [1.82, 2.24) is 0 Å². The molecule has 0 unspecified atom stereocenters. The van der Waals surface area contributed by atoms with Gasteiger partial charge in [-0.3, -0.25) is 0 Å². The minimum Gasteiger partial charge on any atom is -0.465 e. The molecule has 0 aliphatic heterocycles. The Hall–Kier alpha value is -1.55. The van der Waals surface area contributed by atoms with Crippen molar-refractivity contribution in [2.45, 2.75) is 5.88 Å². The van der Waals surface area contributed by atoms with Crippen molar-refractivity contribution >= 4 is 23.5 Å². The molecule has 1 rings (SSSR count). The van der Waals surface area contributed by atoms with Gasteiger partial charge in [0.15, 0.2) is 0 Å². The standard InChI is InChI=1S/C11H11ClO4/c1-15-10(13)8-4-3-7(6-12)5-9(8)11(14)16-2/h3-5H,6H2,1-2H3. The van der Waals surface area contributed by atoms with E-state index in [0.717, 1.165) is 5.56 Å². The van der Waals surface area contributed by atoms with Crippen molar-refractivity contribution in [2.75, 3.05) is 14.2 Å². The fourth-order valence-electron chi connectivity index (χ4n) is 1.24. The third kappa shape index (κ3) is 2.52. The summed E-state index contributed by atoms with van der Waals surface area (Å²) in [7, 11) is 2.50. The summed E-state index contributed by atoms with van der Waals surface area (Å²) in [6.45, 7) is 0. The highest BCUT2D eigenvalue weighted by molar-refractivity contribution is 6.17. The van der Waals surface area contributed by atoms with Crippen LogP contribution in [0.4, 0.5) is 0 Å². The third-order valence-electron chi connectivity index (χ3n) is 2.05. The molecule has 0 heterocycles. The second-order valence-electron chi connectivity index (χ2n) is 3.00. The van der Waals surface area contributed by atoms with Gasteiger partial charge in [-0.05, 0) is 17.7 Å². The molecule has 0 aliphatic carbocycles. The molecule has 5 heteroatoms. The Balaban J connectivity index is 3.26. The molecule has 0 aromatic heterocycles. The zero-order chi connectivity index (χ0) is 12.1. The summed E-state index contributed by atoms with van der Waals surface area (Å²) < 4.78 is 9.15. The van der Waals surface area contributed by atoms with Crippen LogP contribution < -0.4 is 0 Å². The lowest BCUT2D eigenvalue weighted by molar-refractivity contribution is 0.0555. The molecular weight excluding hydrogens is 232 g/mol. The minimum atomic E-state index is -0.590. The van der Waals surface area contributed by atoms with Gasteiger partial charge in [-0.15, -0.1) is 11.6 Å². The second kappa shape index (κ2) is 5.51. The summed E-state index contributed by atoms with van der Waals surface area (Å²) in [6.07, 6.45) is 0. The fourth-order valence-corrected chi connectivity index (χ4v) is 1.41. The van der Waals surface area contributed by atoms with Gasteiger partial charge >= 0.3 is 11.9 Å². The van der Waals surface area contributed by atoms with Gasteiger partial charge in [0.2, 0.25) is 0 Å². The molecule has 1 aromatic rings. The first-order valence-electron chi connectivity index (χ1n) is 4.49. The molecule has 0 saturated carbocycles. The van der Waals surface area contributed by atoms with Crippen LogP contribution in [-0.4, -0.2) is 26.2 Å². The van der Waals surface area contributed by atoms with E-state index < -0.39 is 11.9 Å². The number of carbonyl (C=O) groups excluding carboxylic acids is 2. The molecule has 0 radical (unpaired) electrons. The number of esters is 2. The topological polar surface area (TPSA) is 52.6 Å².